The molecule has 152 valence electrons. The standard InChI is InChI=1S/C24H38Cl2Si/c1-7-11-13-19-15-21(9-3)23(25,17-19)27(5,6)24(26)18-20(14-12-8-2)16-22(24)10-4/h15-18H,7-14H2,1-6H3. The lowest BCUT2D eigenvalue weighted by molar-refractivity contribution is 0.797. The maximum atomic E-state index is 7.52. The van der Waals surface area contributed by atoms with Crippen molar-refractivity contribution >= 4 is 31.3 Å². The van der Waals surface area contributed by atoms with E-state index in [0.717, 1.165) is 25.7 Å². The highest BCUT2D eigenvalue weighted by Crippen LogP contribution is 2.55. The van der Waals surface area contributed by atoms with Crippen LogP contribution >= 0.6 is 23.2 Å². The van der Waals surface area contributed by atoms with Crippen molar-refractivity contribution in [1.29, 1.82) is 0 Å². The van der Waals surface area contributed by atoms with E-state index in [2.05, 4.69) is 65.1 Å². The van der Waals surface area contributed by atoms with Gasteiger partial charge in [-0.1, -0.05) is 89.1 Å². The summed E-state index contributed by atoms with van der Waals surface area (Å²) in [5.74, 6) is 0. The first-order valence-corrected chi connectivity index (χ1v) is 14.7. The Labute approximate surface area is 178 Å². The summed E-state index contributed by atoms with van der Waals surface area (Å²) >= 11 is 15.0. The molecule has 2 rings (SSSR count). The number of unbranched alkanes of at least 4 members (excludes halogenated alkanes) is 2. The molecule has 2 aliphatic carbocycles. The summed E-state index contributed by atoms with van der Waals surface area (Å²) < 4.78 is -0.783. The fourth-order valence-corrected chi connectivity index (χ4v) is 10.1. The van der Waals surface area contributed by atoms with Gasteiger partial charge in [0, 0.05) is 0 Å². The molecule has 0 aromatic rings. The van der Waals surface area contributed by atoms with E-state index in [1.54, 1.807) is 0 Å². The molecule has 0 aliphatic heterocycles. The highest BCUT2D eigenvalue weighted by Gasteiger charge is 2.60. The van der Waals surface area contributed by atoms with E-state index in [-0.39, 0.29) is 0 Å². The van der Waals surface area contributed by atoms with Gasteiger partial charge >= 0.3 is 0 Å². The second-order valence-corrected chi connectivity index (χ2v) is 15.4. The smallest absolute Gasteiger partial charge is 0.114 e. The van der Waals surface area contributed by atoms with Crippen LogP contribution in [0.2, 0.25) is 13.1 Å². The van der Waals surface area contributed by atoms with E-state index < -0.39 is 17.1 Å². The van der Waals surface area contributed by atoms with E-state index >= 15 is 0 Å². The van der Waals surface area contributed by atoms with E-state index in [0.29, 0.717) is 0 Å². The normalized spacial score (nSPS) is 28.1. The molecule has 0 spiro atoms. The molecule has 3 heteroatoms. The van der Waals surface area contributed by atoms with Gasteiger partial charge in [0.15, 0.2) is 0 Å². The Morgan fingerprint density at radius 3 is 1.41 bits per heavy atom. The second kappa shape index (κ2) is 9.05. The Balaban J connectivity index is 2.46. The Morgan fingerprint density at radius 2 is 1.11 bits per heavy atom. The quantitative estimate of drug-likeness (QED) is 0.243. The van der Waals surface area contributed by atoms with Gasteiger partial charge in [0.1, 0.15) is 8.07 Å². The largest absolute Gasteiger partial charge is 0.115 e. The molecule has 2 aliphatic rings. The predicted octanol–water partition coefficient (Wildman–Crippen LogP) is 8.66. The number of hydrogen-bond acceptors (Lipinski definition) is 0. The van der Waals surface area contributed by atoms with E-state index in [1.165, 1.54) is 48.0 Å². The van der Waals surface area contributed by atoms with Crippen molar-refractivity contribution < 1.29 is 0 Å². The minimum Gasteiger partial charge on any atom is -0.114 e. The molecular weight excluding hydrogens is 387 g/mol. The van der Waals surface area contributed by atoms with E-state index in [9.17, 15) is 0 Å². The third kappa shape index (κ3) is 4.07. The SMILES string of the molecule is CCCCC1=CC(Cl)([Si](C)(C)C2(Cl)C=C(CCCC)C=C2CC)C(CC)=C1. The number of rotatable bonds is 10. The molecule has 0 heterocycles. The molecule has 2 unspecified atom stereocenters. The van der Waals surface area contributed by atoms with Crippen molar-refractivity contribution in [3.63, 3.8) is 0 Å². The predicted molar refractivity (Wildman–Crippen MR) is 127 cm³/mol. The average molecular weight is 426 g/mol. The minimum absolute atomic E-state index is 0.391. The van der Waals surface area contributed by atoms with Gasteiger partial charge in [0.2, 0.25) is 0 Å². The zero-order valence-corrected chi connectivity index (χ0v) is 20.7. The molecule has 0 nitrogen and oxygen atoms in total. The molecule has 0 radical (unpaired) electrons. The van der Waals surface area contributed by atoms with Crippen LogP contribution < -0.4 is 0 Å². The van der Waals surface area contributed by atoms with Crippen LogP contribution in [0.5, 0.6) is 0 Å². The zero-order valence-electron chi connectivity index (χ0n) is 18.2. The Bertz CT molecular complexity index is 612. The van der Waals surface area contributed by atoms with Crippen LogP contribution in [0.15, 0.2) is 46.6 Å². The van der Waals surface area contributed by atoms with Gasteiger partial charge in [-0.05, 0) is 49.7 Å². The van der Waals surface area contributed by atoms with Crippen LogP contribution in [0.1, 0.15) is 79.1 Å². The van der Waals surface area contributed by atoms with Crippen LogP contribution in [0.4, 0.5) is 0 Å². The fraction of sp³-hybridized carbons (Fsp3) is 0.667. The lowest BCUT2D eigenvalue weighted by Crippen LogP contribution is -2.63. The average Bonchev–Trinajstić information content (AvgIpc) is 3.16. The van der Waals surface area contributed by atoms with Crippen molar-refractivity contribution in [2.24, 2.45) is 0 Å². The first-order valence-electron chi connectivity index (χ1n) is 10.9. The Morgan fingerprint density at radius 1 is 0.741 bits per heavy atom. The molecule has 0 aromatic carbocycles. The summed E-state index contributed by atoms with van der Waals surface area (Å²) in [6, 6.07) is 0. The highest BCUT2D eigenvalue weighted by molar-refractivity contribution is 6.97. The molecular formula is C24H38Cl2Si. The Hall–Kier alpha value is -0.243. The van der Waals surface area contributed by atoms with Crippen LogP contribution in [0.25, 0.3) is 0 Å². The van der Waals surface area contributed by atoms with Crippen LogP contribution in [-0.4, -0.2) is 17.1 Å². The first kappa shape index (κ1) is 23.0. The zero-order chi connectivity index (χ0) is 20.3. The van der Waals surface area contributed by atoms with Crippen molar-refractivity contribution in [3.8, 4) is 0 Å². The maximum absolute atomic E-state index is 7.52. The first-order chi connectivity index (χ1) is 12.7. The van der Waals surface area contributed by atoms with Gasteiger partial charge in [-0.2, -0.15) is 0 Å². The third-order valence-corrected chi connectivity index (χ3v) is 14.7. The molecule has 0 amide bonds. The number of alkyl halides is 2. The summed E-state index contributed by atoms with van der Waals surface area (Å²) in [5, 5.41) is 0. The monoisotopic (exact) mass is 424 g/mol. The molecule has 2 atom stereocenters. The van der Waals surface area contributed by atoms with E-state index in [1.807, 2.05) is 0 Å². The van der Waals surface area contributed by atoms with Gasteiger partial charge in [-0.25, -0.2) is 0 Å². The molecule has 0 saturated heterocycles. The molecule has 0 aromatic heterocycles. The molecule has 27 heavy (non-hydrogen) atoms. The molecule has 0 fully saturated rings. The highest BCUT2D eigenvalue weighted by atomic mass is 35.5. The fourth-order valence-electron chi connectivity index (χ4n) is 4.63. The number of hydrogen-bond donors (Lipinski definition) is 0. The summed E-state index contributed by atoms with van der Waals surface area (Å²) in [6.07, 6.45) is 18.6. The van der Waals surface area contributed by atoms with Crippen LogP contribution in [-0.2, 0) is 0 Å². The van der Waals surface area contributed by atoms with Gasteiger partial charge in [-0.3, -0.25) is 0 Å². The van der Waals surface area contributed by atoms with Gasteiger partial charge in [0.05, 0.1) is 8.99 Å². The third-order valence-electron chi connectivity index (χ3n) is 6.64. The molecule has 0 bridgehead atoms. The lowest BCUT2D eigenvalue weighted by atomic mass is 10.1. The molecule has 0 N–H and O–H groups in total. The van der Waals surface area contributed by atoms with Crippen LogP contribution in [0.3, 0.4) is 0 Å². The van der Waals surface area contributed by atoms with Crippen molar-refractivity contribution in [2.75, 3.05) is 0 Å². The second-order valence-electron chi connectivity index (χ2n) is 8.74. The van der Waals surface area contributed by atoms with Gasteiger partial charge < -0.3 is 0 Å². The van der Waals surface area contributed by atoms with Crippen molar-refractivity contribution in [3.05, 3.63) is 46.6 Å². The van der Waals surface area contributed by atoms with Crippen LogP contribution in [0, 0.1) is 0 Å². The number of allylic oxidation sites excluding steroid dienone is 8. The minimum atomic E-state index is -2.17. The summed E-state index contributed by atoms with van der Waals surface area (Å²) in [5.41, 5.74) is 5.58. The topological polar surface area (TPSA) is 0 Å². The van der Waals surface area contributed by atoms with Crippen molar-refractivity contribution in [2.45, 2.75) is 101 Å². The van der Waals surface area contributed by atoms with Gasteiger partial charge in [-0.15, -0.1) is 23.2 Å². The summed E-state index contributed by atoms with van der Waals surface area (Å²) in [4.78, 5) is 0. The number of halogens is 2. The Kier molecular flexibility index (Phi) is 7.73. The lowest BCUT2D eigenvalue weighted by Gasteiger charge is -2.48. The van der Waals surface area contributed by atoms with Gasteiger partial charge in [0.25, 0.3) is 0 Å². The van der Waals surface area contributed by atoms with E-state index in [4.69, 9.17) is 23.2 Å². The summed E-state index contributed by atoms with van der Waals surface area (Å²) in [6.45, 7) is 13.8. The summed E-state index contributed by atoms with van der Waals surface area (Å²) in [7, 11) is -2.17. The van der Waals surface area contributed by atoms with Crippen molar-refractivity contribution in [1.82, 2.24) is 0 Å². The molecule has 0 saturated carbocycles. The maximum Gasteiger partial charge on any atom is 0.115 e.